The third-order valence-electron chi connectivity index (χ3n) is 12.1. The van der Waals surface area contributed by atoms with Crippen LogP contribution in [0.1, 0.15) is 101 Å². The molecule has 326 valence electrons. The SMILES string of the molecule is CC[C@H](C)[C@@H]([C@@H](CC(=O)N1CCC[C@H]1[C@H](OC)[C@@H](C)C(=O)N(C)[C@@H]([C@@H](C)CC)[C@@H](CC(=O)NO)OC)OC)N(C)C(=O)[C@@H](NC(=O)C(C(C)C)N(C)C)C(C)C. The number of hydroxylamine groups is 1. The monoisotopic (exact) mass is 799 g/mol. The van der Waals surface area contributed by atoms with Crippen molar-refractivity contribution in [2.24, 2.45) is 29.6 Å². The number of hydrogen-bond donors (Lipinski definition) is 3. The molecule has 11 atom stereocenters. The van der Waals surface area contributed by atoms with Gasteiger partial charge in [-0.1, -0.05) is 75.2 Å². The smallest absolute Gasteiger partial charge is 0.246 e. The fraction of sp³-hybridized carbons (Fsp3) is 0.878. The number of nitrogens with zero attached hydrogens (tertiary/aromatic N) is 4. The Morgan fingerprint density at radius 2 is 1.25 bits per heavy atom. The predicted molar refractivity (Wildman–Crippen MR) is 217 cm³/mol. The van der Waals surface area contributed by atoms with E-state index in [9.17, 15) is 29.2 Å². The minimum Gasteiger partial charge on any atom is -0.379 e. The van der Waals surface area contributed by atoms with Gasteiger partial charge in [0.2, 0.25) is 29.5 Å². The Hall–Kier alpha value is -2.85. The summed E-state index contributed by atoms with van der Waals surface area (Å²) in [5.74, 6) is -2.31. The lowest BCUT2D eigenvalue weighted by Crippen LogP contribution is -2.59. The van der Waals surface area contributed by atoms with Crippen LogP contribution < -0.4 is 10.8 Å². The van der Waals surface area contributed by atoms with Gasteiger partial charge in [-0.3, -0.25) is 34.1 Å². The van der Waals surface area contributed by atoms with Crippen LogP contribution in [0.3, 0.4) is 0 Å². The molecule has 0 spiro atoms. The molecule has 0 radical (unpaired) electrons. The van der Waals surface area contributed by atoms with Gasteiger partial charge in [0.25, 0.3) is 0 Å². The summed E-state index contributed by atoms with van der Waals surface area (Å²) in [6, 6.07) is -2.51. The van der Waals surface area contributed by atoms with Crippen LogP contribution in [0.2, 0.25) is 0 Å². The number of likely N-dealkylation sites (tertiary alicyclic amines) is 1. The minimum absolute atomic E-state index is 0.00553. The second kappa shape index (κ2) is 24.2. The Bertz CT molecular complexity index is 1240. The van der Waals surface area contributed by atoms with E-state index in [0.717, 1.165) is 19.3 Å². The maximum atomic E-state index is 14.3. The van der Waals surface area contributed by atoms with Gasteiger partial charge >= 0.3 is 0 Å². The average Bonchev–Trinajstić information content (AvgIpc) is 3.64. The van der Waals surface area contributed by atoms with Crippen molar-refractivity contribution < 1.29 is 43.4 Å². The van der Waals surface area contributed by atoms with Gasteiger partial charge < -0.3 is 34.2 Å². The first-order valence-electron chi connectivity index (χ1n) is 20.5. The van der Waals surface area contributed by atoms with Crippen LogP contribution in [-0.2, 0) is 38.2 Å². The van der Waals surface area contributed by atoms with Gasteiger partial charge in [0.05, 0.1) is 61.2 Å². The molecule has 0 aromatic heterocycles. The highest BCUT2D eigenvalue weighted by Gasteiger charge is 2.45. The van der Waals surface area contributed by atoms with E-state index >= 15 is 0 Å². The maximum absolute atomic E-state index is 14.3. The van der Waals surface area contributed by atoms with Gasteiger partial charge in [-0.05, 0) is 50.6 Å². The van der Waals surface area contributed by atoms with E-state index in [2.05, 4.69) is 5.32 Å². The molecule has 1 unspecified atom stereocenters. The Morgan fingerprint density at radius 1 is 0.750 bits per heavy atom. The fourth-order valence-electron chi connectivity index (χ4n) is 8.68. The summed E-state index contributed by atoms with van der Waals surface area (Å²) in [6.45, 7) is 18.1. The number of rotatable bonds is 24. The van der Waals surface area contributed by atoms with Crippen LogP contribution in [0.5, 0.6) is 0 Å². The molecule has 5 amide bonds. The second-order valence-electron chi connectivity index (χ2n) is 16.8. The van der Waals surface area contributed by atoms with Crippen LogP contribution >= 0.6 is 0 Å². The summed E-state index contributed by atoms with van der Waals surface area (Å²) in [5, 5.41) is 12.2. The third kappa shape index (κ3) is 13.1. The predicted octanol–water partition coefficient (Wildman–Crippen LogP) is 3.42. The van der Waals surface area contributed by atoms with E-state index in [4.69, 9.17) is 14.2 Å². The molecule has 56 heavy (non-hydrogen) atoms. The normalized spacial score (nSPS) is 20.1. The van der Waals surface area contributed by atoms with Crippen LogP contribution in [0.15, 0.2) is 0 Å². The molecule has 1 saturated heterocycles. The van der Waals surface area contributed by atoms with Gasteiger partial charge in [-0.25, -0.2) is 5.48 Å². The molecular weight excluding hydrogens is 720 g/mol. The number of ether oxygens (including phenoxy) is 3. The molecule has 0 bridgehead atoms. The topological polar surface area (TPSA) is 170 Å². The Labute approximate surface area is 337 Å². The molecule has 1 heterocycles. The third-order valence-corrected chi connectivity index (χ3v) is 12.1. The summed E-state index contributed by atoms with van der Waals surface area (Å²) >= 11 is 0. The van der Waals surface area contributed by atoms with Crippen molar-refractivity contribution in [3.8, 4) is 0 Å². The van der Waals surface area contributed by atoms with E-state index in [0.29, 0.717) is 13.0 Å². The van der Waals surface area contributed by atoms with Crippen molar-refractivity contribution in [2.45, 2.75) is 149 Å². The van der Waals surface area contributed by atoms with Crippen LogP contribution in [0, 0.1) is 29.6 Å². The average molecular weight is 799 g/mol. The number of amides is 5. The van der Waals surface area contributed by atoms with Gasteiger partial charge in [0.15, 0.2) is 0 Å². The largest absolute Gasteiger partial charge is 0.379 e. The molecule has 1 rings (SSSR count). The summed E-state index contributed by atoms with van der Waals surface area (Å²) in [6.07, 6.45) is 0.751. The van der Waals surface area contributed by atoms with Crippen molar-refractivity contribution >= 4 is 29.5 Å². The minimum atomic E-state index is -0.776. The highest BCUT2D eigenvalue weighted by atomic mass is 16.5. The van der Waals surface area contributed by atoms with E-state index in [1.807, 2.05) is 74.4 Å². The molecule has 1 fully saturated rings. The molecule has 1 aliphatic rings. The maximum Gasteiger partial charge on any atom is 0.246 e. The van der Waals surface area contributed by atoms with Gasteiger partial charge in [-0.2, -0.15) is 0 Å². The number of carbonyl (C=O) groups is 5. The molecule has 15 heteroatoms. The zero-order chi connectivity index (χ0) is 43.2. The molecule has 0 aliphatic carbocycles. The highest BCUT2D eigenvalue weighted by molar-refractivity contribution is 5.90. The number of carbonyl (C=O) groups excluding carboxylic acids is 5. The van der Waals surface area contributed by atoms with E-state index in [1.165, 1.54) is 7.11 Å². The summed E-state index contributed by atoms with van der Waals surface area (Å²) in [7, 11) is 11.7. The number of methoxy groups -OCH3 is 3. The van der Waals surface area contributed by atoms with Crippen molar-refractivity contribution in [1.29, 1.82) is 0 Å². The molecule has 1 aliphatic heterocycles. The standard InChI is InChI=1S/C41H78N6O9/c1-17-26(7)36(30(54-14)22-32(48)43-53)45(12)40(51)28(9)38(56-16)29-20-19-21-47(29)33(49)23-31(55-15)37(27(8)18-2)46(13)41(52)34(24(3)4)42-39(50)35(25(5)6)44(10)11/h24-31,34-38,53H,17-23H2,1-16H3,(H,42,50)(H,43,48)/t26-,27-,28+,29-,30+,31+,34-,35?,36-,37-,38+/m0/s1. The van der Waals surface area contributed by atoms with Gasteiger partial charge in [0, 0.05) is 42.0 Å². The summed E-state index contributed by atoms with van der Waals surface area (Å²) < 4.78 is 17.7. The first kappa shape index (κ1) is 51.2. The van der Waals surface area contributed by atoms with Crippen LogP contribution in [0.4, 0.5) is 0 Å². The molecule has 0 aromatic rings. The zero-order valence-corrected chi connectivity index (χ0v) is 37.5. The molecule has 0 saturated carbocycles. The van der Waals surface area contributed by atoms with Crippen molar-refractivity contribution in [3.63, 3.8) is 0 Å². The van der Waals surface area contributed by atoms with E-state index in [-0.39, 0.29) is 66.2 Å². The zero-order valence-electron chi connectivity index (χ0n) is 37.5. The lowest BCUT2D eigenvalue weighted by molar-refractivity contribution is -0.152. The van der Waals surface area contributed by atoms with Gasteiger partial charge in [-0.15, -0.1) is 0 Å². The molecule has 15 nitrogen and oxygen atoms in total. The summed E-state index contributed by atoms with van der Waals surface area (Å²) in [4.78, 5) is 75.3. The quantitative estimate of drug-likeness (QED) is 0.0972. The lowest BCUT2D eigenvalue weighted by Gasteiger charge is -2.42. The van der Waals surface area contributed by atoms with E-state index < -0.39 is 54.3 Å². The summed E-state index contributed by atoms with van der Waals surface area (Å²) in [5.41, 5.74) is 1.66. The second-order valence-corrected chi connectivity index (χ2v) is 16.8. The Morgan fingerprint density at radius 3 is 1.66 bits per heavy atom. The van der Waals surface area contributed by atoms with Crippen molar-refractivity contribution in [2.75, 3.05) is 56.1 Å². The lowest BCUT2D eigenvalue weighted by atomic mass is 9.88. The first-order valence-corrected chi connectivity index (χ1v) is 20.5. The number of hydrogen-bond acceptors (Lipinski definition) is 10. The number of nitrogens with one attached hydrogen (secondary N) is 2. The Kier molecular flexibility index (Phi) is 22.1. The van der Waals surface area contributed by atoms with Crippen LogP contribution in [0.25, 0.3) is 0 Å². The van der Waals surface area contributed by atoms with E-state index in [1.54, 1.807) is 55.4 Å². The highest BCUT2D eigenvalue weighted by Crippen LogP contribution is 2.31. The fourth-order valence-corrected chi connectivity index (χ4v) is 8.68. The van der Waals surface area contributed by atoms with Gasteiger partial charge in [0.1, 0.15) is 6.04 Å². The molecule has 3 N–H and O–H groups in total. The Balaban J connectivity index is 3.38. The number of likely N-dealkylation sites (N-methyl/N-ethyl adjacent to an activating group) is 3. The van der Waals surface area contributed by atoms with Crippen molar-refractivity contribution in [3.05, 3.63) is 0 Å². The molecular formula is C41H78N6O9. The first-order chi connectivity index (χ1) is 26.2. The van der Waals surface area contributed by atoms with Crippen molar-refractivity contribution in [1.82, 2.24) is 30.4 Å². The van der Waals surface area contributed by atoms with Crippen LogP contribution in [-0.4, -0.2) is 159 Å². The molecule has 0 aromatic carbocycles.